The molecular formula is C9H10N4O4S2. The van der Waals surface area contributed by atoms with Gasteiger partial charge >= 0.3 is 0 Å². The van der Waals surface area contributed by atoms with Crippen molar-refractivity contribution in [3.63, 3.8) is 0 Å². The highest BCUT2D eigenvalue weighted by atomic mass is 32.2. The smallest absolute Gasteiger partial charge is 0.270 e. The van der Waals surface area contributed by atoms with Gasteiger partial charge in [0, 0.05) is 6.92 Å². The standard InChI is InChI=1S/C9H10N4O4S2/c1-6(14)11-8-12-13-9(18-8)19(15,16)10-5-7-3-2-4-17-7/h2-4,10H,5H2,1H3,(H,11,12,14). The van der Waals surface area contributed by atoms with Crippen molar-refractivity contribution >= 4 is 32.4 Å². The number of nitrogens with zero attached hydrogens (tertiary/aromatic N) is 2. The summed E-state index contributed by atoms with van der Waals surface area (Å²) in [6.07, 6.45) is 1.45. The van der Waals surface area contributed by atoms with Crippen molar-refractivity contribution in [2.45, 2.75) is 17.8 Å². The summed E-state index contributed by atoms with van der Waals surface area (Å²) in [5.74, 6) is 0.138. The van der Waals surface area contributed by atoms with Crippen LogP contribution in [0.4, 0.5) is 5.13 Å². The van der Waals surface area contributed by atoms with Crippen LogP contribution in [0.1, 0.15) is 12.7 Å². The molecule has 0 bridgehead atoms. The first kappa shape index (κ1) is 13.6. The topological polar surface area (TPSA) is 114 Å². The summed E-state index contributed by atoms with van der Waals surface area (Å²) in [6.45, 7) is 1.31. The number of carbonyl (C=O) groups excluding carboxylic acids is 1. The van der Waals surface area contributed by atoms with Gasteiger partial charge in [0.2, 0.25) is 15.4 Å². The van der Waals surface area contributed by atoms with Crippen molar-refractivity contribution in [3.05, 3.63) is 24.2 Å². The number of amides is 1. The van der Waals surface area contributed by atoms with Crippen molar-refractivity contribution in [2.75, 3.05) is 5.32 Å². The molecule has 2 heterocycles. The minimum Gasteiger partial charge on any atom is -0.468 e. The van der Waals surface area contributed by atoms with E-state index < -0.39 is 10.0 Å². The van der Waals surface area contributed by atoms with E-state index in [0.717, 1.165) is 11.3 Å². The van der Waals surface area contributed by atoms with Crippen molar-refractivity contribution in [3.8, 4) is 0 Å². The predicted molar refractivity (Wildman–Crippen MR) is 66.9 cm³/mol. The molecule has 2 aromatic rings. The highest BCUT2D eigenvalue weighted by Gasteiger charge is 2.20. The van der Waals surface area contributed by atoms with Crippen LogP contribution in [0.3, 0.4) is 0 Å². The van der Waals surface area contributed by atoms with E-state index in [1.54, 1.807) is 12.1 Å². The second-order valence-electron chi connectivity index (χ2n) is 3.46. The predicted octanol–water partition coefficient (Wildman–Crippen LogP) is 0.568. The Balaban J connectivity index is 2.06. The monoisotopic (exact) mass is 302 g/mol. The Morgan fingerprint density at radius 2 is 2.26 bits per heavy atom. The Labute approximate surface area is 112 Å². The molecule has 0 unspecified atom stereocenters. The maximum Gasteiger partial charge on any atom is 0.270 e. The summed E-state index contributed by atoms with van der Waals surface area (Å²) in [6, 6.07) is 3.30. The fourth-order valence-corrected chi connectivity index (χ4v) is 3.14. The molecule has 2 rings (SSSR count). The van der Waals surface area contributed by atoms with Gasteiger partial charge < -0.3 is 9.73 Å². The number of anilines is 1. The van der Waals surface area contributed by atoms with Gasteiger partial charge in [-0.2, -0.15) is 0 Å². The average Bonchev–Trinajstić information content (AvgIpc) is 2.96. The molecule has 0 saturated heterocycles. The third kappa shape index (κ3) is 3.59. The lowest BCUT2D eigenvalue weighted by molar-refractivity contribution is -0.114. The van der Waals surface area contributed by atoms with Crippen LogP contribution in [-0.4, -0.2) is 24.5 Å². The molecule has 2 aromatic heterocycles. The third-order valence-electron chi connectivity index (χ3n) is 1.94. The van der Waals surface area contributed by atoms with Crippen LogP contribution in [0.2, 0.25) is 0 Å². The first-order valence-electron chi connectivity index (χ1n) is 5.10. The molecule has 10 heteroatoms. The molecule has 8 nitrogen and oxygen atoms in total. The molecular weight excluding hydrogens is 292 g/mol. The summed E-state index contributed by atoms with van der Waals surface area (Å²) in [5, 5.41) is 9.57. The zero-order valence-corrected chi connectivity index (χ0v) is 11.4. The van der Waals surface area contributed by atoms with Crippen LogP contribution < -0.4 is 10.0 Å². The summed E-state index contributed by atoms with van der Waals surface area (Å²) >= 11 is 0.770. The molecule has 0 aromatic carbocycles. The van der Waals surface area contributed by atoms with Crippen molar-refractivity contribution in [1.82, 2.24) is 14.9 Å². The molecule has 0 aliphatic carbocycles. The first-order chi connectivity index (χ1) is 8.97. The van der Waals surface area contributed by atoms with Crippen molar-refractivity contribution in [2.24, 2.45) is 0 Å². The van der Waals surface area contributed by atoms with Gasteiger partial charge in [0.1, 0.15) is 5.76 Å². The van der Waals surface area contributed by atoms with E-state index in [1.807, 2.05) is 0 Å². The minimum atomic E-state index is -3.77. The molecule has 0 spiro atoms. The van der Waals surface area contributed by atoms with E-state index in [9.17, 15) is 13.2 Å². The number of sulfonamides is 1. The second-order valence-corrected chi connectivity index (χ2v) is 6.38. The average molecular weight is 302 g/mol. The van der Waals surface area contributed by atoms with Gasteiger partial charge in [0.15, 0.2) is 0 Å². The molecule has 2 N–H and O–H groups in total. The molecule has 0 aliphatic rings. The number of nitrogens with one attached hydrogen (secondary N) is 2. The van der Waals surface area contributed by atoms with Gasteiger partial charge in [0.05, 0.1) is 12.8 Å². The maximum absolute atomic E-state index is 11.9. The van der Waals surface area contributed by atoms with Crippen LogP contribution in [0.25, 0.3) is 0 Å². The summed E-state index contributed by atoms with van der Waals surface area (Å²) in [5.41, 5.74) is 0. The van der Waals surface area contributed by atoms with Crippen LogP contribution in [-0.2, 0) is 21.4 Å². The van der Waals surface area contributed by atoms with E-state index in [0.29, 0.717) is 5.76 Å². The van der Waals surface area contributed by atoms with Crippen LogP contribution in [0.5, 0.6) is 0 Å². The number of carbonyl (C=O) groups is 1. The Morgan fingerprint density at radius 1 is 1.47 bits per heavy atom. The quantitative estimate of drug-likeness (QED) is 0.780. The molecule has 0 aliphatic heterocycles. The van der Waals surface area contributed by atoms with Crippen LogP contribution >= 0.6 is 11.3 Å². The summed E-state index contributed by atoms with van der Waals surface area (Å²) < 4.78 is 30.8. The Morgan fingerprint density at radius 3 is 2.89 bits per heavy atom. The van der Waals surface area contributed by atoms with Gasteiger partial charge in [-0.25, -0.2) is 13.1 Å². The molecule has 0 radical (unpaired) electrons. The normalized spacial score (nSPS) is 11.4. The van der Waals surface area contributed by atoms with Crippen molar-refractivity contribution < 1.29 is 17.6 Å². The fraction of sp³-hybridized carbons (Fsp3) is 0.222. The van der Waals surface area contributed by atoms with Crippen LogP contribution in [0.15, 0.2) is 27.2 Å². The van der Waals surface area contributed by atoms with E-state index in [2.05, 4.69) is 20.2 Å². The van der Waals surface area contributed by atoms with Gasteiger partial charge in [-0.15, -0.1) is 10.2 Å². The van der Waals surface area contributed by atoms with Crippen LogP contribution in [0, 0.1) is 0 Å². The number of rotatable bonds is 5. The zero-order chi connectivity index (χ0) is 13.9. The highest BCUT2D eigenvalue weighted by Crippen LogP contribution is 2.19. The Bertz CT molecular complexity index is 662. The van der Waals surface area contributed by atoms with E-state index in [4.69, 9.17) is 4.42 Å². The molecule has 0 saturated carbocycles. The third-order valence-corrected chi connectivity index (χ3v) is 4.54. The van der Waals surface area contributed by atoms with Gasteiger partial charge in [0.25, 0.3) is 10.0 Å². The Kier molecular flexibility index (Phi) is 3.93. The van der Waals surface area contributed by atoms with E-state index >= 15 is 0 Å². The molecule has 1 amide bonds. The number of hydrogen-bond acceptors (Lipinski definition) is 7. The Hall–Kier alpha value is -1.78. The van der Waals surface area contributed by atoms with Crippen molar-refractivity contribution in [1.29, 1.82) is 0 Å². The highest BCUT2D eigenvalue weighted by molar-refractivity contribution is 7.91. The molecule has 0 atom stereocenters. The van der Waals surface area contributed by atoms with Gasteiger partial charge in [-0.3, -0.25) is 4.79 Å². The molecule has 102 valence electrons. The largest absolute Gasteiger partial charge is 0.468 e. The minimum absolute atomic E-state index is 0.0182. The number of furan rings is 1. The zero-order valence-electron chi connectivity index (χ0n) is 9.78. The van der Waals surface area contributed by atoms with E-state index in [1.165, 1.54) is 13.2 Å². The summed E-state index contributed by atoms with van der Waals surface area (Å²) in [4.78, 5) is 10.8. The lowest BCUT2D eigenvalue weighted by Gasteiger charge is -2.00. The number of aromatic nitrogens is 2. The molecule has 19 heavy (non-hydrogen) atoms. The summed E-state index contributed by atoms with van der Waals surface area (Å²) in [7, 11) is -3.77. The first-order valence-corrected chi connectivity index (χ1v) is 7.40. The molecule has 0 fully saturated rings. The lowest BCUT2D eigenvalue weighted by atomic mass is 10.5. The fourth-order valence-electron chi connectivity index (χ4n) is 1.16. The second kappa shape index (κ2) is 5.47. The maximum atomic E-state index is 11.9. The van der Waals surface area contributed by atoms with Gasteiger partial charge in [-0.05, 0) is 12.1 Å². The lowest BCUT2D eigenvalue weighted by Crippen LogP contribution is -2.22. The van der Waals surface area contributed by atoms with E-state index in [-0.39, 0.29) is 21.9 Å². The SMILES string of the molecule is CC(=O)Nc1nnc(S(=O)(=O)NCc2ccco2)s1. The van der Waals surface area contributed by atoms with Gasteiger partial charge in [-0.1, -0.05) is 11.3 Å². The number of hydrogen-bond donors (Lipinski definition) is 2.